The van der Waals surface area contributed by atoms with E-state index in [1.54, 1.807) is 36.0 Å². The Balaban J connectivity index is 0.000000182. The van der Waals surface area contributed by atoms with Gasteiger partial charge in [-0.1, -0.05) is 11.8 Å². The van der Waals surface area contributed by atoms with Crippen molar-refractivity contribution in [3.05, 3.63) is 97.1 Å². The zero-order valence-corrected chi connectivity index (χ0v) is 18.8. The number of nitrogens with two attached hydrogens (primary N) is 4. The fraction of sp³-hybridized carbons (Fsp3) is 0. The normalized spacial score (nSPS) is 10.8. The van der Waals surface area contributed by atoms with Crippen molar-refractivity contribution in [3.63, 3.8) is 0 Å². The largest absolute Gasteiger partial charge is 0.399 e. The van der Waals surface area contributed by atoms with Gasteiger partial charge in [-0.3, -0.25) is 0 Å². The van der Waals surface area contributed by atoms with Gasteiger partial charge in [-0.15, -0.1) is 0 Å². The monoisotopic (exact) mass is 464 g/mol. The molecule has 0 unspecified atom stereocenters. The lowest BCUT2D eigenvalue weighted by Gasteiger charge is -2.05. The Hall–Kier alpha value is -3.62. The summed E-state index contributed by atoms with van der Waals surface area (Å²) in [7, 11) is -3.48. The maximum Gasteiger partial charge on any atom is 0.206 e. The van der Waals surface area contributed by atoms with Gasteiger partial charge in [0.15, 0.2) is 0 Å². The van der Waals surface area contributed by atoms with Crippen molar-refractivity contribution in [3.8, 4) is 0 Å². The Morgan fingerprint density at radius 3 is 0.969 bits per heavy atom. The van der Waals surface area contributed by atoms with Crippen LogP contribution in [0.4, 0.5) is 22.7 Å². The highest BCUT2D eigenvalue weighted by atomic mass is 32.2. The van der Waals surface area contributed by atoms with E-state index < -0.39 is 9.84 Å². The van der Waals surface area contributed by atoms with Crippen LogP contribution in [0.25, 0.3) is 0 Å². The highest BCUT2D eigenvalue weighted by Crippen LogP contribution is 2.28. The van der Waals surface area contributed by atoms with Gasteiger partial charge in [0.1, 0.15) is 0 Å². The highest BCUT2D eigenvalue weighted by molar-refractivity contribution is 7.99. The lowest BCUT2D eigenvalue weighted by atomic mass is 10.3. The van der Waals surface area contributed by atoms with Crippen LogP contribution < -0.4 is 22.9 Å². The van der Waals surface area contributed by atoms with Crippen LogP contribution in [0.2, 0.25) is 0 Å². The molecule has 4 rings (SSSR count). The van der Waals surface area contributed by atoms with Crippen molar-refractivity contribution in [1.29, 1.82) is 0 Å². The fourth-order valence-electron chi connectivity index (χ4n) is 2.64. The number of hydrogen-bond acceptors (Lipinski definition) is 7. The van der Waals surface area contributed by atoms with E-state index in [0.29, 0.717) is 11.4 Å². The van der Waals surface area contributed by atoms with Crippen molar-refractivity contribution >= 4 is 44.3 Å². The van der Waals surface area contributed by atoms with Gasteiger partial charge in [0.05, 0.1) is 9.79 Å². The van der Waals surface area contributed by atoms with E-state index in [1.165, 1.54) is 34.1 Å². The molecular weight excluding hydrogens is 440 g/mol. The third kappa shape index (κ3) is 6.19. The molecule has 0 saturated carbocycles. The number of rotatable bonds is 4. The number of hydrogen-bond donors (Lipinski definition) is 4. The van der Waals surface area contributed by atoms with Crippen LogP contribution in [0.15, 0.2) is 117 Å². The second-order valence-corrected chi connectivity index (χ2v) is 9.98. The van der Waals surface area contributed by atoms with Crippen LogP contribution in [0.5, 0.6) is 0 Å². The molecule has 8 N–H and O–H groups in total. The first-order chi connectivity index (χ1) is 15.2. The summed E-state index contributed by atoms with van der Waals surface area (Å²) in [4.78, 5) is 2.79. The standard InChI is InChI=1S/C12H12N2O2S.C12H12N2S/c13-9-1-5-11(6-2-9)17(15,16)12-7-3-10(14)4-8-12;13-9-1-5-11(6-2-9)15-12-7-3-10(14)4-8-12/h1-8H,13-14H2;1-8H,13-14H2. The summed E-state index contributed by atoms with van der Waals surface area (Å²) in [6.45, 7) is 0. The minimum atomic E-state index is -3.48. The third-order valence-electron chi connectivity index (χ3n) is 4.38. The van der Waals surface area contributed by atoms with Gasteiger partial charge in [-0.2, -0.15) is 0 Å². The molecule has 0 saturated heterocycles. The second kappa shape index (κ2) is 10.1. The lowest BCUT2D eigenvalue weighted by molar-refractivity contribution is 0.596. The highest BCUT2D eigenvalue weighted by Gasteiger charge is 2.16. The third-order valence-corrected chi connectivity index (χ3v) is 7.18. The van der Waals surface area contributed by atoms with Crippen molar-refractivity contribution in [1.82, 2.24) is 0 Å². The SMILES string of the molecule is Nc1ccc(S(=O)(=O)c2ccc(N)cc2)cc1.Nc1ccc(Sc2ccc(N)cc2)cc1. The predicted octanol–water partition coefficient (Wildman–Crippen LogP) is 4.69. The predicted molar refractivity (Wildman–Crippen MR) is 133 cm³/mol. The molecule has 0 fully saturated rings. The number of nitrogen functional groups attached to an aromatic ring is 4. The zero-order valence-electron chi connectivity index (χ0n) is 17.2. The van der Waals surface area contributed by atoms with Crippen molar-refractivity contribution in [2.45, 2.75) is 19.6 Å². The van der Waals surface area contributed by atoms with E-state index in [0.717, 1.165) is 11.4 Å². The van der Waals surface area contributed by atoms with E-state index in [2.05, 4.69) is 0 Å². The maximum absolute atomic E-state index is 12.2. The smallest absolute Gasteiger partial charge is 0.206 e. The van der Waals surface area contributed by atoms with Crippen molar-refractivity contribution in [2.75, 3.05) is 22.9 Å². The van der Waals surface area contributed by atoms with Crippen LogP contribution in [-0.4, -0.2) is 8.42 Å². The molecule has 0 spiro atoms. The molecule has 8 heteroatoms. The molecule has 0 aliphatic heterocycles. The van der Waals surface area contributed by atoms with Crippen molar-refractivity contribution < 1.29 is 8.42 Å². The molecule has 164 valence electrons. The maximum atomic E-state index is 12.2. The molecular formula is C24H24N4O2S2. The first-order valence-corrected chi connectivity index (χ1v) is 11.9. The summed E-state index contributed by atoms with van der Waals surface area (Å²) >= 11 is 1.69. The quantitative estimate of drug-likeness (QED) is 0.321. The topological polar surface area (TPSA) is 138 Å². The molecule has 0 atom stereocenters. The Bertz CT molecular complexity index is 1160. The minimum absolute atomic E-state index is 0.219. The Kier molecular flexibility index (Phi) is 7.29. The average Bonchev–Trinajstić information content (AvgIpc) is 2.78. The van der Waals surface area contributed by atoms with Crippen LogP contribution >= 0.6 is 11.8 Å². The van der Waals surface area contributed by atoms with E-state index >= 15 is 0 Å². The van der Waals surface area contributed by atoms with E-state index in [-0.39, 0.29) is 9.79 Å². The number of sulfone groups is 1. The summed E-state index contributed by atoms with van der Waals surface area (Å²) in [5.41, 5.74) is 24.9. The van der Waals surface area contributed by atoms with Crippen LogP contribution in [-0.2, 0) is 9.84 Å². The Morgan fingerprint density at radius 1 is 0.438 bits per heavy atom. The molecule has 4 aromatic rings. The van der Waals surface area contributed by atoms with Gasteiger partial charge < -0.3 is 22.9 Å². The summed E-state index contributed by atoms with van der Waals surface area (Å²) in [5.74, 6) is 0. The summed E-state index contributed by atoms with van der Waals surface area (Å²) in [6, 6.07) is 27.8. The molecule has 4 aromatic carbocycles. The van der Waals surface area contributed by atoms with Gasteiger partial charge in [-0.05, 0) is 97.1 Å². The fourth-order valence-corrected chi connectivity index (χ4v) is 4.72. The summed E-state index contributed by atoms with van der Waals surface area (Å²) in [5, 5.41) is 0. The van der Waals surface area contributed by atoms with E-state index in [4.69, 9.17) is 22.9 Å². The molecule has 32 heavy (non-hydrogen) atoms. The molecule has 0 radical (unpaired) electrons. The Labute approximate surface area is 192 Å². The second-order valence-electron chi connectivity index (χ2n) is 6.88. The zero-order chi connectivity index (χ0) is 23.1. The number of benzene rings is 4. The summed E-state index contributed by atoms with van der Waals surface area (Å²) in [6.07, 6.45) is 0. The number of anilines is 4. The lowest BCUT2D eigenvalue weighted by Crippen LogP contribution is -2.02. The van der Waals surface area contributed by atoms with Gasteiger partial charge in [0, 0.05) is 32.5 Å². The molecule has 0 aliphatic rings. The van der Waals surface area contributed by atoms with Crippen LogP contribution in [0.1, 0.15) is 0 Å². The van der Waals surface area contributed by atoms with Crippen LogP contribution in [0.3, 0.4) is 0 Å². The van der Waals surface area contributed by atoms with Gasteiger partial charge >= 0.3 is 0 Å². The van der Waals surface area contributed by atoms with E-state index in [1.807, 2.05) is 48.5 Å². The minimum Gasteiger partial charge on any atom is -0.399 e. The first kappa shape index (κ1) is 23.1. The van der Waals surface area contributed by atoms with E-state index in [9.17, 15) is 8.42 Å². The van der Waals surface area contributed by atoms with Gasteiger partial charge in [0.25, 0.3) is 0 Å². The summed E-state index contributed by atoms with van der Waals surface area (Å²) < 4.78 is 24.3. The van der Waals surface area contributed by atoms with Crippen molar-refractivity contribution in [2.24, 2.45) is 0 Å². The average molecular weight is 465 g/mol. The molecule has 0 heterocycles. The molecule has 0 aliphatic carbocycles. The van der Waals surface area contributed by atoms with Gasteiger partial charge in [-0.25, -0.2) is 8.42 Å². The first-order valence-electron chi connectivity index (χ1n) is 9.59. The molecule has 0 amide bonds. The molecule has 0 bridgehead atoms. The van der Waals surface area contributed by atoms with Gasteiger partial charge in [0.2, 0.25) is 9.84 Å². The molecule has 6 nitrogen and oxygen atoms in total. The molecule has 0 aromatic heterocycles. The van der Waals surface area contributed by atoms with Crippen LogP contribution in [0, 0.1) is 0 Å². The Morgan fingerprint density at radius 2 is 0.688 bits per heavy atom.